The van der Waals surface area contributed by atoms with Crippen LogP contribution >= 0.6 is 0 Å². The molecule has 0 aromatic carbocycles. The van der Waals surface area contributed by atoms with Crippen molar-refractivity contribution in [2.45, 2.75) is 38.4 Å². The molecule has 0 aromatic heterocycles. The molecule has 0 unspecified atom stereocenters. The molecule has 0 amide bonds. The molecule has 1 aliphatic rings. The average Bonchev–Trinajstić information content (AvgIpc) is 1.80. The third-order valence-electron chi connectivity index (χ3n) is 2.08. The van der Waals surface area contributed by atoms with Crippen LogP contribution in [0.5, 0.6) is 0 Å². The maximum Gasteiger partial charge on any atom is 0.115 e. The van der Waals surface area contributed by atoms with E-state index in [-0.39, 0.29) is 6.04 Å². The lowest BCUT2D eigenvalue weighted by Gasteiger charge is -2.26. The van der Waals surface area contributed by atoms with Crippen LogP contribution in [0.2, 0.25) is 0 Å². The topological polar surface area (TPSA) is 26.0 Å². The van der Waals surface area contributed by atoms with Crippen LogP contribution in [0.3, 0.4) is 0 Å². The first-order valence-corrected chi connectivity index (χ1v) is 3.60. The van der Waals surface area contributed by atoms with Gasteiger partial charge in [0.05, 0.1) is 0 Å². The molecule has 0 saturated heterocycles. The van der Waals surface area contributed by atoms with E-state index in [9.17, 15) is 4.39 Å². The van der Waals surface area contributed by atoms with E-state index in [1.165, 1.54) is 0 Å². The van der Waals surface area contributed by atoms with Crippen LogP contribution in [-0.2, 0) is 0 Å². The molecule has 0 spiro atoms. The molecule has 9 heavy (non-hydrogen) atoms. The predicted molar refractivity (Wildman–Crippen MR) is 35.9 cm³/mol. The van der Waals surface area contributed by atoms with E-state index in [2.05, 4.69) is 6.92 Å². The van der Waals surface area contributed by atoms with Gasteiger partial charge in [-0.1, -0.05) is 6.92 Å². The molecule has 0 radical (unpaired) electrons. The molecule has 54 valence electrons. The summed E-state index contributed by atoms with van der Waals surface area (Å²) in [6.07, 6.45) is 1.89. The van der Waals surface area contributed by atoms with Crippen molar-refractivity contribution in [3.8, 4) is 0 Å². The van der Waals surface area contributed by atoms with Gasteiger partial charge < -0.3 is 5.73 Å². The number of halogens is 1. The van der Waals surface area contributed by atoms with Crippen molar-refractivity contribution in [3.05, 3.63) is 0 Å². The first-order valence-electron chi connectivity index (χ1n) is 3.60. The molecule has 1 aliphatic carbocycles. The molecule has 0 aromatic rings. The van der Waals surface area contributed by atoms with Gasteiger partial charge in [-0.25, -0.2) is 4.39 Å². The smallest absolute Gasteiger partial charge is 0.115 e. The number of hydrogen-bond donors (Lipinski definition) is 1. The molecule has 2 heteroatoms. The Labute approximate surface area is 55.4 Å². The fourth-order valence-electron chi connectivity index (χ4n) is 1.33. The molecule has 1 nitrogen and oxygen atoms in total. The van der Waals surface area contributed by atoms with E-state index in [1.54, 1.807) is 0 Å². The lowest BCUT2D eigenvalue weighted by Crippen LogP contribution is -2.36. The summed E-state index contributed by atoms with van der Waals surface area (Å²) in [7, 11) is 0. The van der Waals surface area contributed by atoms with Crippen molar-refractivity contribution >= 4 is 0 Å². The van der Waals surface area contributed by atoms with Gasteiger partial charge in [0.1, 0.15) is 6.17 Å². The Morgan fingerprint density at radius 1 is 1.44 bits per heavy atom. The fraction of sp³-hybridized carbons (Fsp3) is 1.00. The highest BCUT2D eigenvalue weighted by Gasteiger charge is 2.24. The quantitative estimate of drug-likeness (QED) is 0.529. The van der Waals surface area contributed by atoms with E-state index in [0.29, 0.717) is 12.3 Å². The minimum atomic E-state index is -0.742. The van der Waals surface area contributed by atoms with E-state index < -0.39 is 6.17 Å². The van der Waals surface area contributed by atoms with Crippen LogP contribution < -0.4 is 5.73 Å². The molecule has 0 heterocycles. The normalized spacial score (nSPS) is 45.0. The van der Waals surface area contributed by atoms with E-state index >= 15 is 0 Å². The van der Waals surface area contributed by atoms with E-state index in [1.807, 2.05) is 0 Å². The molecule has 1 rings (SSSR count). The molecule has 1 fully saturated rings. The van der Waals surface area contributed by atoms with Gasteiger partial charge in [0.15, 0.2) is 0 Å². The van der Waals surface area contributed by atoms with Crippen LogP contribution in [-0.4, -0.2) is 12.2 Å². The van der Waals surface area contributed by atoms with Crippen molar-refractivity contribution < 1.29 is 4.39 Å². The fourth-order valence-corrected chi connectivity index (χ4v) is 1.33. The molecule has 2 N–H and O–H groups in total. The summed E-state index contributed by atoms with van der Waals surface area (Å²) >= 11 is 0. The molecular weight excluding hydrogens is 117 g/mol. The Morgan fingerprint density at radius 3 is 2.56 bits per heavy atom. The Kier molecular flexibility index (Phi) is 2.06. The third-order valence-corrected chi connectivity index (χ3v) is 2.08. The second-order valence-electron chi connectivity index (χ2n) is 3.10. The number of hydrogen-bond acceptors (Lipinski definition) is 1. The number of nitrogens with two attached hydrogens (primary N) is 1. The summed E-state index contributed by atoms with van der Waals surface area (Å²) in [4.78, 5) is 0. The van der Waals surface area contributed by atoms with Crippen molar-refractivity contribution in [1.82, 2.24) is 0 Å². The van der Waals surface area contributed by atoms with Gasteiger partial charge in [-0.3, -0.25) is 0 Å². The molecular formula is C7H14FN. The largest absolute Gasteiger partial charge is 0.325 e. The van der Waals surface area contributed by atoms with Gasteiger partial charge in [0.25, 0.3) is 0 Å². The predicted octanol–water partition coefficient (Wildman–Crippen LogP) is 1.47. The van der Waals surface area contributed by atoms with E-state index in [4.69, 9.17) is 5.73 Å². The molecule has 3 atom stereocenters. The van der Waals surface area contributed by atoms with Crippen molar-refractivity contribution in [1.29, 1.82) is 0 Å². The highest BCUT2D eigenvalue weighted by atomic mass is 19.1. The number of alkyl halides is 1. The summed E-state index contributed by atoms with van der Waals surface area (Å²) in [5, 5.41) is 0. The summed E-state index contributed by atoms with van der Waals surface area (Å²) in [5.74, 6) is 0.541. The number of rotatable bonds is 0. The zero-order valence-corrected chi connectivity index (χ0v) is 5.81. The minimum Gasteiger partial charge on any atom is -0.325 e. The second kappa shape index (κ2) is 2.65. The van der Waals surface area contributed by atoms with E-state index in [0.717, 1.165) is 12.8 Å². The SMILES string of the molecule is C[C@@H]1CC[C@@H](N)[C@@H](F)C1. The van der Waals surface area contributed by atoms with Crippen LogP contribution in [0.15, 0.2) is 0 Å². The zero-order chi connectivity index (χ0) is 6.85. The first-order chi connectivity index (χ1) is 4.20. The van der Waals surface area contributed by atoms with Crippen LogP contribution in [0.4, 0.5) is 4.39 Å². The zero-order valence-electron chi connectivity index (χ0n) is 5.81. The highest BCUT2D eigenvalue weighted by Crippen LogP contribution is 2.24. The molecule has 0 bridgehead atoms. The Hall–Kier alpha value is -0.110. The average molecular weight is 131 g/mol. The third kappa shape index (κ3) is 1.65. The second-order valence-corrected chi connectivity index (χ2v) is 3.10. The van der Waals surface area contributed by atoms with Crippen molar-refractivity contribution in [3.63, 3.8) is 0 Å². The highest BCUT2D eigenvalue weighted by molar-refractivity contribution is 4.80. The lowest BCUT2D eigenvalue weighted by atomic mass is 9.86. The van der Waals surface area contributed by atoms with Gasteiger partial charge >= 0.3 is 0 Å². The van der Waals surface area contributed by atoms with Gasteiger partial charge in [-0.2, -0.15) is 0 Å². The summed E-state index contributed by atoms with van der Waals surface area (Å²) < 4.78 is 12.7. The van der Waals surface area contributed by atoms with Gasteiger partial charge in [-0.05, 0) is 25.2 Å². The molecule has 1 saturated carbocycles. The van der Waals surface area contributed by atoms with Gasteiger partial charge in [0.2, 0.25) is 0 Å². The lowest BCUT2D eigenvalue weighted by molar-refractivity contribution is 0.179. The Balaban J connectivity index is 2.35. The monoisotopic (exact) mass is 131 g/mol. The van der Waals surface area contributed by atoms with Crippen molar-refractivity contribution in [2.75, 3.05) is 0 Å². The standard InChI is InChI=1S/C7H14FN/c1-5-2-3-7(9)6(8)4-5/h5-7H,2-4,9H2,1H3/t5-,6+,7-/m1/s1. The molecule has 0 aliphatic heterocycles. The summed E-state index contributed by atoms with van der Waals surface area (Å²) in [6, 6.07) is -0.179. The first kappa shape index (κ1) is 7.00. The Morgan fingerprint density at radius 2 is 2.11 bits per heavy atom. The summed E-state index contributed by atoms with van der Waals surface area (Å²) in [6.45, 7) is 2.08. The van der Waals surface area contributed by atoms with Crippen LogP contribution in [0.25, 0.3) is 0 Å². The Bertz CT molecular complexity index is 94.9. The maximum atomic E-state index is 12.7. The van der Waals surface area contributed by atoms with Crippen LogP contribution in [0, 0.1) is 5.92 Å². The van der Waals surface area contributed by atoms with Crippen LogP contribution in [0.1, 0.15) is 26.2 Å². The van der Waals surface area contributed by atoms with Crippen molar-refractivity contribution in [2.24, 2.45) is 11.7 Å². The van der Waals surface area contributed by atoms with Gasteiger partial charge in [0, 0.05) is 6.04 Å². The summed E-state index contributed by atoms with van der Waals surface area (Å²) in [5.41, 5.74) is 5.47. The maximum absolute atomic E-state index is 12.7. The van der Waals surface area contributed by atoms with Gasteiger partial charge in [-0.15, -0.1) is 0 Å². The minimum absolute atomic E-state index is 0.179.